The number of carbonyl (C=O) groups is 1. The Labute approximate surface area is 200 Å². The molecule has 0 saturated carbocycles. The third-order valence-electron chi connectivity index (χ3n) is 6.40. The molecule has 1 aliphatic carbocycles. The second kappa shape index (κ2) is 10.4. The summed E-state index contributed by atoms with van der Waals surface area (Å²) in [5.41, 5.74) is 7.60. The Morgan fingerprint density at radius 2 is 1.79 bits per heavy atom. The summed E-state index contributed by atoms with van der Waals surface area (Å²) < 4.78 is 15.6. The third-order valence-corrected chi connectivity index (χ3v) is 7.46. The number of nitrogens with zero attached hydrogens (tertiary/aromatic N) is 1. The van der Waals surface area contributed by atoms with Crippen LogP contribution in [0.3, 0.4) is 0 Å². The monoisotopic (exact) mass is 457 g/mol. The zero-order chi connectivity index (χ0) is 23.3. The average molecular weight is 458 g/mol. The summed E-state index contributed by atoms with van der Waals surface area (Å²) in [6.45, 7) is 9.50. The quantitative estimate of drug-likeness (QED) is 0.247. The second-order valence-corrected chi connectivity index (χ2v) is 9.78. The highest BCUT2D eigenvalue weighted by Gasteiger charge is 2.42. The number of benzene rings is 2. The van der Waals surface area contributed by atoms with E-state index in [1.54, 1.807) is 30.2 Å². The molecule has 2 aliphatic rings. The van der Waals surface area contributed by atoms with Crippen molar-refractivity contribution in [2.75, 3.05) is 13.1 Å². The first-order chi connectivity index (χ1) is 16.0. The number of hydrogen-bond acceptors (Lipinski definition) is 3. The minimum atomic E-state index is -0.225. The second-order valence-electron chi connectivity index (χ2n) is 8.61. The molecule has 4 rings (SSSR count). The van der Waals surface area contributed by atoms with E-state index in [0.717, 1.165) is 49.1 Å². The summed E-state index contributed by atoms with van der Waals surface area (Å²) in [6, 6.07) is 15.0. The maximum Gasteiger partial charge on any atom is 0.155 e. The predicted molar refractivity (Wildman–Crippen MR) is 135 cm³/mol. The van der Waals surface area contributed by atoms with Gasteiger partial charge in [-0.2, -0.15) is 0 Å². The maximum atomic E-state index is 13.2. The number of piperidine rings is 1. The molecule has 1 atom stereocenters. The molecular formula is C29H28FNOS. The van der Waals surface area contributed by atoms with E-state index in [0.29, 0.717) is 6.42 Å². The van der Waals surface area contributed by atoms with Crippen LogP contribution in [-0.4, -0.2) is 23.2 Å². The first kappa shape index (κ1) is 23.3. The van der Waals surface area contributed by atoms with Crippen LogP contribution in [0.15, 0.2) is 108 Å². The molecule has 1 fully saturated rings. The van der Waals surface area contributed by atoms with Gasteiger partial charge in [0.15, 0.2) is 5.78 Å². The number of fused-ring (bicyclic) bond motifs is 1. The Hall–Kier alpha value is -2.91. The summed E-state index contributed by atoms with van der Waals surface area (Å²) in [6.07, 6.45) is 10.5. The molecule has 2 aromatic carbocycles. The van der Waals surface area contributed by atoms with Crippen molar-refractivity contribution >= 4 is 17.7 Å². The van der Waals surface area contributed by atoms with Gasteiger partial charge in [-0.3, -0.25) is 4.79 Å². The van der Waals surface area contributed by atoms with Crippen molar-refractivity contribution in [1.82, 2.24) is 4.31 Å². The summed E-state index contributed by atoms with van der Waals surface area (Å²) in [7, 11) is 0. The van der Waals surface area contributed by atoms with Gasteiger partial charge in [-0.1, -0.05) is 55.1 Å². The number of carbonyl (C=O) groups excluding carboxylic acids is 1. The Balaban J connectivity index is 1.52. The first-order valence-electron chi connectivity index (χ1n) is 11.2. The molecule has 0 N–H and O–H groups in total. The molecule has 168 valence electrons. The number of allylic oxidation sites excluding steroid dienone is 4. The number of halogens is 1. The van der Waals surface area contributed by atoms with E-state index in [4.69, 9.17) is 0 Å². The lowest BCUT2D eigenvalue weighted by Crippen LogP contribution is -2.44. The molecule has 0 aromatic heterocycles. The molecule has 0 amide bonds. The normalized spacial score (nSPS) is 20.3. The fourth-order valence-corrected chi connectivity index (χ4v) is 5.72. The molecule has 1 aliphatic heterocycles. The summed E-state index contributed by atoms with van der Waals surface area (Å²) in [5.74, 6) is 0.0149. The van der Waals surface area contributed by atoms with Crippen LogP contribution in [0.4, 0.5) is 4.39 Å². The smallest absolute Gasteiger partial charge is 0.155 e. The van der Waals surface area contributed by atoms with Crippen molar-refractivity contribution in [3.8, 4) is 11.1 Å². The van der Waals surface area contributed by atoms with Gasteiger partial charge in [-0.15, -0.1) is 5.73 Å². The zero-order valence-corrected chi connectivity index (χ0v) is 19.5. The van der Waals surface area contributed by atoms with Crippen LogP contribution in [0.25, 0.3) is 11.1 Å². The largest absolute Gasteiger partial charge is 0.295 e. The van der Waals surface area contributed by atoms with Gasteiger partial charge in [0, 0.05) is 29.8 Å². The average Bonchev–Trinajstić information content (AvgIpc) is 2.83. The lowest BCUT2D eigenvalue weighted by Gasteiger charge is -2.46. The van der Waals surface area contributed by atoms with Crippen LogP contribution in [0, 0.1) is 11.2 Å². The Bertz CT molecular complexity index is 1140. The highest BCUT2D eigenvalue weighted by molar-refractivity contribution is 7.97. The molecule has 1 heterocycles. The Kier molecular flexibility index (Phi) is 7.29. The van der Waals surface area contributed by atoms with Crippen LogP contribution in [0.2, 0.25) is 0 Å². The number of hydrogen-bond donors (Lipinski definition) is 0. The van der Waals surface area contributed by atoms with E-state index >= 15 is 0 Å². The molecule has 1 unspecified atom stereocenters. The number of rotatable bonds is 7. The van der Waals surface area contributed by atoms with Gasteiger partial charge in [-0.25, -0.2) is 8.70 Å². The van der Waals surface area contributed by atoms with Crippen molar-refractivity contribution in [3.63, 3.8) is 0 Å². The highest BCUT2D eigenvalue weighted by Crippen LogP contribution is 2.48. The molecule has 0 bridgehead atoms. The first-order valence-corrected chi connectivity index (χ1v) is 12.0. The van der Waals surface area contributed by atoms with E-state index in [-0.39, 0.29) is 17.0 Å². The minimum absolute atomic E-state index is 0.0707. The van der Waals surface area contributed by atoms with Gasteiger partial charge in [0.2, 0.25) is 0 Å². The zero-order valence-electron chi connectivity index (χ0n) is 18.7. The van der Waals surface area contributed by atoms with Gasteiger partial charge in [0.05, 0.1) is 0 Å². The minimum Gasteiger partial charge on any atom is -0.295 e. The lowest BCUT2D eigenvalue weighted by atomic mass is 9.66. The SMILES string of the molecule is C=CC=C=C(C=C)CC12CCC(=O)C=C1CCN(Sc1ccc(-c3ccc(F)cc3)cc1)C2. The number of ketones is 1. The van der Waals surface area contributed by atoms with Crippen LogP contribution in [-0.2, 0) is 4.79 Å². The topological polar surface area (TPSA) is 20.3 Å². The molecule has 33 heavy (non-hydrogen) atoms. The molecule has 4 heteroatoms. The maximum absolute atomic E-state index is 13.2. The van der Waals surface area contributed by atoms with Crippen LogP contribution >= 0.6 is 11.9 Å². The lowest BCUT2D eigenvalue weighted by molar-refractivity contribution is -0.116. The van der Waals surface area contributed by atoms with Crippen LogP contribution in [0.5, 0.6) is 0 Å². The third kappa shape index (κ3) is 5.54. The summed E-state index contributed by atoms with van der Waals surface area (Å²) in [4.78, 5) is 13.3. The fourth-order valence-electron chi connectivity index (χ4n) is 4.67. The standard InChI is InChI=1S/C29H28FNOS/c1-3-5-6-22(4-2)20-29-17-15-27(32)19-25(29)16-18-31(21-29)33-28-13-9-24(10-14-28)23-7-11-26(30)12-8-23/h3-5,7-14,19H,1-2,15-18,20-21H2. The van der Waals surface area contributed by atoms with Gasteiger partial charge >= 0.3 is 0 Å². The van der Waals surface area contributed by atoms with Crippen molar-refractivity contribution in [3.05, 3.63) is 109 Å². The van der Waals surface area contributed by atoms with Gasteiger partial charge in [0.25, 0.3) is 0 Å². The van der Waals surface area contributed by atoms with Crippen molar-refractivity contribution in [2.45, 2.75) is 30.6 Å². The van der Waals surface area contributed by atoms with Gasteiger partial charge in [-0.05, 0) is 84.3 Å². The molecule has 2 nitrogen and oxygen atoms in total. The van der Waals surface area contributed by atoms with E-state index in [9.17, 15) is 9.18 Å². The van der Waals surface area contributed by atoms with E-state index in [1.807, 2.05) is 18.2 Å². The molecular weight excluding hydrogens is 429 g/mol. The van der Waals surface area contributed by atoms with Crippen molar-refractivity contribution in [1.29, 1.82) is 0 Å². The Morgan fingerprint density at radius 1 is 1.09 bits per heavy atom. The Morgan fingerprint density at radius 3 is 2.45 bits per heavy atom. The summed E-state index contributed by atoms with van der Waals surface area (Å²) in [5, 5.41) is 0. The van der Waals surface area contributed by atoms with Crippen molar-refractivity contribution < 1.29 is 9.18 Å². The van der Waals surface area contributed by atoms with E-state index in [2.05, 4.69) is 47.5 Å². The van der Waals surface area contributed by atoms with Crippen LogP contribution in [0.1, 0.15) is 25.7 Å². The summed E-state index contributed by atoms with van der Waals surface area (Å²) >= 11 is 1.76. The fraction of sp³-hybridized carbons (Fsp3) is 0.241. The van der Waals surface area contributed by atoms with Gasteiger partial charge in [0.1, 0.15) is 5.82 Å². The molecule has 1 saturated heterocycles. The molecule has 0 radical (unpaired) electrons. The van der Waals surface area contributed by atoms with Crippen molar-refractivity contribution in [2.24, 2.45) is 5.41 Å². The molecule has 2 aromatic rings. The van der Waals surface area contributed by atoms with Gasteiger partial charge < -0.3 is 0 Å². The predicted octanol–water partition coefficient (Wildman–Crippen LogP) is 7.32. The molecule has 0 spiro atoms. The van der Waals surface area contributed by atoms with E-state index < -0.39 is 0 Å². The highest BCUT2D eigenvalue weighted by atomic mass is 32.2. The van der Waals surface area contributed by atoms with Crippen LogP contribution < -0.4 is 0 Å². The van der Waals surface area contributed by atoms with E-state index in [1.165, 1.54) is 22.6 Å².